The van der Waals surface area contributed by atoms with Gasteiger partial charge in [-0.15, -0.1) is 0 Å². The van der Waals surface area contributed by atoms with Gasteiger partial charge in [-0.05, 0) is 24.1 Å². The van der Waals surface area contributed by atoms with Crippen LogP contribution in [-0.2, 0) is 14.3 Å². The molecule has 114 valence electrons. The van der Waals surface area contributed by atoms with Gasteiger partial charge in [-0.25, -0.2) is 0 Å². The van der Waals surface area contributed by atoms with Crippen molar-refractivity contribution in [1.29, 1.82) is 0 Å². The normalized spacial score (nSPS) is 17.3. The number of carbonyl (C=O) groups is 2. The molecule has 6 heteroatoms. The Bertz CT molecular complexity index is 665. The van der Waals surface area contributed by atoms with Crippen molar-refractivity contribution >= 4 is 46.3 Å². The Morgan fingerprint density at radius 1 is 1.36 bits per heavy atom. The topological polar surface area (TPSA) is 46.6 Å². The number of methoxy groups -OCH3 is 1. The Hall–Kier alpha value is -1.92. The highest BCUT2D eigenvalue weighted by Gasteiger charge is 2.33. The van der Waals surface area contributed by atoms with E-state index in [-0.39, 0.29) is 12.5 Å². The van der Waals surface area contributed by atoms with Gasteiger partial charge in [-0.3, -0.25) is 14.5 Å². The molecule has 1 amide bonds. The van der Waals surface area contributed by atoms with E-state index >= 15 is 0 Å². The fourth-order valence-electron chi connectivity index (χ4n) is 1.89. The van der Waals surface area contributed by atoms with Gasteiger partial charge >= 0.3 is 5.97 Å². The monoisotopic (exact) mass is 333 g/mol. The van der Waals surface area contributed by atoms with E-state index < -0.39 is 5.97 Å². The molecule has 0 N–H and O–H groups in total. The van der Waals surface area contributed by atoms with Crippen molar-refractivity contribution in [2.24, 2.45) is 0 Å². The lowest BCUT2D eigenvalue weighted by molar-refractivity contribution is -0.143. The van der Waals surface area contributed by atoms with E-state index in [0.717, 1.165) is 11.1 Å². The van der Waals surface area contributed by atoms with Gasteiger partial charge in [-0.1, -0.05) is 60.4 Å². The number of thiocarbonyl (C=S) groups is 1. The van der Waals surface area contributed by atoms with Crippen molar-refractivity contribution in [3.8, 4) is 0 Å². The van der Waals surface area contributed by atoms with Gasteiger partial charge in [0, 0.05) is 0 Å². The zero-order chi connectivity index (χ0) is 16.1. The standard InChI is InChI=1S/C16H15NO3S2/c1-11(8-12-6-4-3-5-7-12)9-13-15(19)17(16(21)22-13)10-14(18)20-2/h3-9H,10H2,1-2H3/b11-8-,13-9-. The lowest BCUT2D eigenvalue weighted by Crippen LogP contribution is -2.34. The van der Waals surface area contributed by atoms with Gasteiger partial charge in [0.05, 0.1) is 12.0 Å². The summed E-state index contributed by atoms with van der Waals surface area (Å²) in [5, 5.41) is 0. The molecular formula is C16H15NO3S2. The average Bonchev–Trinajstić information content (AvgIpc) is 2.75. The first kappa shape index (κ1) is 16.5. The largest absolute Gasteiger partial charge is 0.468 e. The smallest absolute Gasteiger partial charge is 0.325 e. The molecule has 1 heterocycles. The summed E-state index contributed by atoms with van der Waals surface area (Å²) in [6, 6.07) is 9.83. The zero-order valence-electron chi connectivity index (χ0n) is 12.2. The van der Waals surface area contributed by atoms with Gasteiger partial charge in [0.2, 0.25) is 0 Å². The van der Waals surface area contributed by atoms with Crippen LogP contribution in [0.5, 0.6) is 0 Å². The number of ether oxygens (including phenoxy) is 1. The molecule has 2 rings (SSSR count). The van der Waals surface area contributed by atoms with Crippen LogP contribution in [0.2, 0.25) is 0 Å². The van der Waals surface area contributed by atoms with Crippen LogP contribution in [0.1, 0.15) is 12.5 Å². The Kier molecular flexibility index (Phi) is 5.51. The van der Waals surface area contributed by atoms with Crippen LogP contribution < -0.4 is 0 Å². The fourth-order valence-corrected chi connectivity index (χ4v) is 3.20. The van der Waals surface area contributed by atoms with E-state index in [9.17, 15) is 9.59 Å². The van der Waals surface area contributed by atoms with Gasteiger partial charge in [0.1, 0.15) is 10.9 Å². The number of hydrogen-bond acceptors (Lipinski definition) is 5. The van der Waals surface area contributed by atoms with E-state index in [2.05, 4.69) is 4.74 Å². The number of carbonyl (C=O) groups excluding carboxylic acids is 2. The van der Waals surface area contributed by atoms with Crippen LogP contribution >= 0.6 is 24.0 Å². The summed E-state index contributed by atoms with van der Waals surface area (Å²) < 4.78 is 4.94. The second kappa shape index (κ2) is 7.38. The first-order valence-corrected chi connectivity index (χ1v) is 7.79. The molecule has 0 aromatic heterocycles. The molecule has 0 unspecified atom stereocenters. The summed E-state index contributed by atoms with van der Waals surface area (Å²) in [4.78, 5) is 25.4. The lowest BCUT2D eigenvalue weighted by atomic mass is 10.1. The fraction of sp³-hybridized carbons (Fsp3) is 0.188. The number of allylic oxidation sites excluding steroid dienone is 2. The molecule has 1 aliphatic heterocycles. The molecular weight excluding hydrogens is 318 g/mol. The quantitative estimate of drug-likeness (QED) is 0.481. The molecule has 0 aliphatic carbocycles. The van der Waals surface area contributed by atoms with Crippen molar-refractivity contribution in [2.75, 3.05) is 13.7 Å². The molecule has 1 aromatic rings. The highest BCUT2D eigenvalue weighted by atomic mass is 32.2. The van der Waals surface area contributed by atoms with Crippen LogP contribution in [0.25, 0.3) is 6.08 Å². The SMILES string of the molecule is COC(=O)CN1C(=O)/C(=C/C(C)=C\c2ccccc2)SC1=S. The van der Waals surface area contributed by atoms with Crippen LogP contribution in [0.4, 0.5) is 0 Å². The number of benzene rings is 1. The van der Waals surface area contributed by atoms with Gasteiger partial charge in [0.25, 0.3) is 5.91 Å². The van der Waals surface area contributed by atoms with Crippen molar-refractivity contribution in [2.45, 2.75) is 6.92 Å². The molecule has 1 fully saturated rings. The summed E-state index contributed by atoms with van der Waals surface area (Å²) in [5.74, 6) is -0.754. The maximum atomic E-state index is 12.3. The second-order valence-corrected chi connectivity index (χ2v) is 6.32. The second-order valence-electron chi connectivity index (χ2n) is 4.64. The Balaban J connectivity index is 2.16. The maximum absolute atomic E-state index is 12.3. The zero-order valence-corrected chi connectivity index (χ0v) is 13.9. The van der Waals surface area contributed by atoms with E-state index in [4.69, 9.17) is 12.2 Å². The molecule has 1 aromatic carbocycles. The summed E-state index contributed by atoms with van der Waals surface area (Å²) in [5.41, 5.74) is 1.99. The third-order valence-electron chi connectivity index (χ3n) is 2.94. The van der Waals surface area contributed by atoms with Crippen molar-refractivity contribution in [3.05, 3.63) is 52.4 Å². The number of rotatable bonds is 4. The molecule has 0 atom stereocenters. The summed E-state index contributed by atoms with van der Waals surface area (Å²) >= 11 is 6.34. The first-order chi connectivity index (χ1) is 10.5. The molecule has 1 saturated heterocycles. The molecule has 0 saturated carbocycles. The van der Waals surface area contributed by atoms with Crippen LogP contribution in [-0.4, -0.2) is 34.8 Å². The van der Waals surface area contributed by atoms with Crippen LogP contribution in [0, 0.1) is 0 Å². The molecule has 0 radical (unpaired) electrons. The Morgan fingerprint density at radius 2 is 2.05 bits per heavy atom. The minimum absolute atomic E-state index is 0.153. The minimum atomic E-state index is -0.492. The van der Waals surface area contributed by atoms with Crippen LogP contribution in [0.3, 0.4) is 0 Å². The van der Waals surface area contributed by atoms with E-state index in [1.54, 1.807) is 6.08 Å². The Morgan fingerprint density at radius 3 is 2.68 bits per heavy atom. The van der Waals surface area contributed by atoms with E-state index in [0.29, 0.717) is 9.23 Å². The first-order valence-electron chi connectivity index (χ1n) is 6.57. The summed E-state index contributed by atoms with van der Waals surface area (Å²) in [6.45, 7) is 1.76. The minimum Gasteiger partial charge on any atom is -0.468 e. The number of esters is 1. The number of thioether (sulfide) groups is 1. The number of amides is 1. The van der Waals surface area contributed by atoms with Crippen molar-refractivity contribution in [3.63, 3.8) is 0 Å². The number of nitrogens with zero attached hydrogens (tertiary/aromatic N) is 1. The van der Waals surface area contributed by atoms with Crippen molar-refractivity contribution in [1.82, 2.24) is 4.90 Å². The maximum Gasteiger partial charge on any atom is 0.325 e. The van der Waals surface area contributed by atoms with Crippen molar-refractivity contribution < 1.29 is 14.3 Å². The van der Waals surface area contributed by atoms with E-state index in [1.165, 1.54) is 23.8 Å². The average molecular weight is 333 g/mol. The molecule has 22 heavy (non-hydrogen) atoms. The summed E-state index contributed by atoms with van der Waals surface area (Å²) in [7, 11) is 1.28. The highest BCUT2D eigenvalue weighted by molar-refractivity contribution is 8.26. The predicted molar refractivity (Wildman–Crippen MR) is 92.1 cm³/mol. The highest BCUT2D eigenvalue weighted by Crippen LogP contribution is 2.31. The predicted octanol–water partition coefficient (Wildman–Crippen LogP) is 3.01. The lowest BCUT2D eigenvalue weighted by Gasteiger charge is -2.11. The summed E-state index contributed by atoms with van der Waals surface area (Å²) in [6.07, 6.45) is 3.76. The molecule has 4 nitrogen and oxygen atoms in total. The van der Waals surface area contributed by atoms with Gasteiger partial charge in [0.15, 0.2) is 0 Å². The molecule has 1 aliphatic rings. The van der Waals surface area contributed by atoms with Crippen LogP contribution in [0.15, 0.2) is 46.9 Å². The number of hydrogen-bond donors (Lipinski definition) is 0. The molecule has 0 spiro atoms. The third-order valence-corrected chi connectivity index (χ3v) is 4.32. The molecule has 0 bridgehead atoms. The third kappa shape index (κ3) is 4.05. The van der Waals surface area contributed by atoms with E-state index in [1.807, 2.05) is 43.3 Å². The Labute approximate surface area is 138 Å². The van der Waals surface area contributed by atoms with Gasteiger partial charge < -0.3 is 4.74 Å². The van der Waals surface area contributed by atoms with Gasteiger partial charge in [-0.2, -0.15) is 0 Å².